The van der Waals surface area contributed by atoms with E-state index in [-0.39, 0.29) is 34.8 Å². The number of hydrogen-bond donors (Lipinski definition) is 0. The molecule has 0 radical (unpaired) electrons. The number of benzene rings is 2. The number of methoxy groups -OCH3 is 1. The highest BCUT2D eigenvalue weighted by molar-refractivity contribution is 8.01. The molecule has 7 nitrogen and oxygen atoms in total. The van der Waals surface area contributed by atoms with Gasteiger partial charge in [0.15, 0.2) is 6.61 Å². The van der Waals surface area contributed by atoms with Crippen molar-refractivity contribution >= 4 is 41.0 Å². The van der Waals surface area contributed by atoms with Crippen LogP contribution in [0.2, 0.25) is 0 Å². The van der Waals surface area contributed by atoms with Crippen LogP contribution in [-0.4, -0.2) is 47.8 Å². The zero-order chi connectivity index (χ0) is 24.1. The molecule has 4 rings (SSSR count). The number of anilines is 1. The Bertz CT molecular complexity index is 1080. The molecule has 1 saturated carbocycles. The van der Waals surface area contributed by atoms with Crippen molar-refractivity contribution in [2.24, 2.45) is 0 Å². The Morgan fingerprint density at radius 3 is 2.41 bits per heavy atom. The summed E-state index contributed by atoms with van der Waals surface area (Å²) in [6.45, 7) is -0.426. The lowest BCUT2D eigenvalue weighted by atomic mass is 10.0. The van der Waals surface area contributed by atoms with Crippen LogP contribution in [0.5, 0.6) is 5.75 Å². The largest absolute Gasteiger partial charge is 0.496 e. The van der Waals surface area contributed by atoms with E-state index >= 15 is 0 Å². The summed E-state index contributed by atoms with van der Waals surface area (Å²) in [7, 11) is 1.46. The third-order valence-electron chi connectivity index (χ3n) is 6.12. The van der Waals surface area contributed by atoms with Gasteiger partial charge < -0.3 is 9.47 Å². The van der Waals surface area contributed by atoms with Gasteiger partial charge in [0.05, 0.1) is 29.2 Å². The molecule has 0 N–H and O–H groups in total. The summed E-state index contributed by atoms with van der Waals surface area (Å²) in [5.74, 6) is -1.06. The van der Waals surface area contributed by atoms with Gasteiger partial charge in [-0.05, 0) is 49.2 Å². The van der Waals surface area contributed by atoms with Gasteiger partial charge in [0.25, 0.3) is 0 Å². The summed E-state index contributed by atoms with van der Waals surface area (Å²) in [6.07, 6.45) is 5.99. The van der Waals surface area contributed by atoms with Gasteiger partial charge in [-0.25, -0.2) is 9.69 Å². The summed E-state index contributed by atoms with van der Waals surface area (Å²) in [5, 5.41) is 0.0902. The van der Waals surface area contributed by atoms with Crippen molar-refractivity contribution in [2.75, 3.05) is 18.6 Å². The van der Waals surface area contributed by atoms with E-state index in [0.29, 0.717) is 22.3 Å². The van der Waals surface area contributed by atoms with Crippen molar-refractivity contribution in [3.63, 3.8) is 0 Å². The average Bonchev–Trinajstić information content (AvgIpc) is 3.15. The van der Waals surface area contributed by atoms with E-state index in [1.807, 2.05) is 0 Å². The highest BCUT2D eigenvalue weighted by atomic mass is 32.2. The zero-order valence-corrected chi connectivity index (χ0v) is 19.8. The van der Waals surface area contributed by atoms with Crippen LogP contribution in [0.4, 0.5) is 5.69 Å². The summed E-state index contributed by atoms with van der Waals surface area (Å²) >= 11 is 1.63. The van der Waals surface area contributed by atoms with Crippen LogP contribution in [0, 0.1) is 0 Å². The van der Waals surface area contributed by atoms with Gasteiger partial charge in [-0.15, -0.1) is 11.8 Å². The van der Waals surface area contributed by atoms with Crippen molar-refractivity contribution in [2.45, 2.75) is 49.0 Å². The molecule has 1 heterocycles. The maximum atomic E-state index is 12.9. The summed E-state index contributed by atoms with van der Waals surface area (Å²) < 4.78 is 10.3. The summed E-state index contributed by atoms with van der Waals surface area (Å²) in [4.78, 5) is 51.5. The van der Waals surface area contributed by atoms with E-state index in [9.17, 15) is 19.2 Å². The van der Waals surface area contributed by atoms with Gasteiger partial charge in [-0.2, -0.15) is 0 Å². The van der Waals surface area contributed by atoms with Crippen molar-refractivity contribution in [1.82, 2.24) is 0 Å². The highest BCUT2D eigenvalue weighted by Crippen LogP contribution is 2.37. The van der Waals surface area contributed by atoms with E-state index < -0.39 is 12.6 Å². The summed E-state index contributed by atoms with van der Waals surface area (Å²) in [5.41, 5.74) is 0.993. The van der Waals surface area contributed by atoms with Crippen LogP contribution < -0.4 is 9.64 Å². The van der Waals surface area contributed by atoms with Crippen LogP contribution in [0.15, 0.2) is 48.5 Å². The number of carbonyl (C=O) groups is 4. The molecule has 0 spiro atoms. The maximum absolute atomic E-state index is 12.9. The maximum Gasteiger partial charge on any atom is 0.338 e. The molecule has 1 atom stereocenters. The number of para-hydroxylation sites is 1. The minimum Gasteiger partial charge on any atom is -0.496 e. The molecule has 2 aliphatic rings. The van der Waals surface area contributed by atoms with Crippen LogP contribution in [0.25, 0.3) is 0 Å². The third-order valence-corrected chi connectivity index (χ3v) is 7.67. The fourth-order valence-electron chi connectivity index (χ4n) is 4.33. The minimum absolute atomic E-state index is 0.196. The number of imide groups is 1. The first-order chi connectivity index (χ1) is 16.5. The van der Waals surface area contributed by atoms with Gasteiger partial charge in [0, 0.05) is 11.7 Å². The molecule has 34 heavy (non-hydrogen) atoms. The van der Waals surface area contributed by atoms with Gasteiger partial charge >= 0.3 is 5.97 Å². The molecule has 178 valence electrons. The Balaban J connectivity index is 1.35. The number of ketones is 1. The predicted molar refractivity (Wildman–Crippen MR) is 129 cm³/mol. The second-order valence-corrected chi connectivity index (χ2v) is 9.91. The molecule has 1 unspecified atom stereocenters. The first kappa shape index (κ1) is 24.0. The minimum atomic E-state index is -0.667. The Morgan fingerprint density at radius 1 is 1.00 bits per heavy atom. The van der Waals surface area contributed by atoms with Crippen LogP contribution in [0.1, 0.15) is 59.2 Å². The topological polar surface area (TPSA) is 90.0 Å². The van der Waals surface area contributed by atoms with Crippen LogP contribution in [0.3, 0.4) is 0 Å². The molecule has 2 amide bonds. The number of esters is 1. The monoisotopic (exact) mass is 481 g/mol. The van der Waals surface area contributed by atoms with E-state index in [1.165, 1.54) is 43.4 Å². The third kappa shape index (κ3) is 5.33. The zero-order valence-electron chi connectivity index (χ0n) is 19.0. The fourth-order valence-corrected chi connectivity index (χ4v) is 5.86. The molecule has 1 aliphatic heterocycles. The first-order valence-corrected chi connectivity index (χ1v) is 12.4. The van der Waals surface area contributed by atoms with Crippen molar-refractivity contribution in [3.05, 3.63) is 59.7 Å². The van der Waals surface area contributed by atoms with Crippen LogP contribution in [-0.2, 0) is 14.3 Å². The Kier molecular flexibility index (Phi) is 7.67. The average molecular weight is 482 g/mol. The van der Waals surface area contributed by atoms with Crippen molar-refractivity contribution < 1.29 is 28.7 Å². The van der Waals surface area contributed by atoms with E-state index in [2.05, 4.69) is 0 Å². The molecule has 2 aromatic carbocycles. The standard InChI is InChI=1S/C26H27NO6S/c1-32-22-10-6-5-9-20(22)21(28)16-33-26(31)17-11-13-18(14-12-17)27-24(29)15-23(25(27)30)34-19-7-3-2-4-8-19/h5-6,9-14,19,23H,2-4,7-8,15-16H2,1H3. The molecule has 1 saturated heterocycles. The van der Waals surface area contributed by atoms with E-state index in [0.717, 1.165) is 12.8 Å². The first-order valence-electron chi connectivity index (χ1n) is 11.4. The van der Waals surface area contributed by atoms with Crippen LogP contribution >= 0.6 is 11.8 Å². The van der Waals surface area contributed by atoms with Gasteiger partial charge in [-0.3, -0.25) is 14.4 Å². The lowest BCUT2D eigenvalue weighted by molar-refractivity contribution is -0.121. The van der Waals surface area contributed by atoms with Crippen molar-refractivity contribution in [1.29, 1.82) is 0 Å². The molecule has 0 aromatic heterocycles. The van der Waals surface area contributed by atoms with Gasteiger partial charge in [0.1, 0.15) is 5.75 Å². The second-order valence-electron chi connectivity index (χ2n) is 8.40. The number of rotatable bonds is 8. The lowest BCUT2D eigenvalue weighted by Gasteiger charge is -2.23. The Hall–Kier alpha value is -3.13. The van der Waals surface area contributed by atoms with Crippen molar-refractivity contribution in [3.8, 4) is 5.75 Å². The Morgan fingerprint density at radius 2 is 1.71 bits per heavy atom. The normalized spacial score (nSPS) is 18.7. The fraction of sp³-hybridized carbons (Fsp3) is 0.385. The predicted octanol–water partition coefficient (Wildman–Crippen LogP) is 4.43. The number of nitrogens with zero attached hydrogens (tertiary/aromatic N) is 1. The SMILES string of the molecule is COc1ccccc1C(=O)COC(=O)c1ccc(N2C(=O)CC(SC3CCCCC3)C2=O)cc1. The summed E-state index contributed by atoms with van der Waals surface area (Å²) in [6, 6.07) is 12.8. The number of hydrogen-bond acceptors (Lipinski definition) is 7. The van der Waals surface area contributed by atoms with E-state index in [1.54, 1.807) is 48.2 Å². The second kappa shape index (κ2) is 10.9. The van der Waals surface area contributed by atoms with Gasteiger partial charge in [0.2, 0.25) is 17.6 Å². The molecule has 1 aliphatic carbocycles. The Labute approximate surface area is 202 Å². The number of ether oxygens (including phenoxy) is 2. The number of Topliss-reactive ketones (excluding diaryl/α,β-unsaturated/α-hetero) is 1. The molecular formula is C26H27NO6S. The number of thioether (sulfide) groups is 1. The molecule has 2 fully saturated rings. The van der Waals surface area contributed by atoms with Gasteiger partial charge in [-0.1, -0.05) is 31.4 Å². The molecule has 0 bridgehead atoms. The van der Waals surface area contributed by atoms with E-state index in [4.69, 9.17) is 9.47 Å². The molecular weight excluding hydrogens is 454 g/mol. The molecule has 2 aromatic rings. The lowest BCUT2D eigenvalue weighted by Crippen LogP contribution is -2.31. The smallest absolute Gasteiger partial charge is 0.338 e. The quantitative estimate of drug-likeness (QED) is 0.313. The highest BCUT2D eigenvalue weighted by Gasteiger charge is 2.41. The molecule has 8 heteroatoms. The number of amides is 2. The number of carbonyl (C=O) groups excluding carboxylic acids is 4.